The fourth-order valence-corrected chi connectivity index (χ4v) is 3.99. The first-order chi connectivity index (χ1) is 9.77. The van der Waals surface area contributed by atoms with E-state index in [2.05, 4.69) is 26.2 Å². The van der Waals surface area contributed by atoms with Crippen LogP contribution in [0.4, 0.5) is 0 Å². The molecule has 20 heavy (non-hydrogen) atoms. The van der Waals surface area contributed by atoms with Crippen LogP contribution in [0.2, 0.25) is 0 Å². The van der Waals surface area contributed by atoms with Gasteiger partial charge >= 0.3 is 0 Å². The third-order valence-electron chi connectivity index (χ3n) is 5.30. The van der Waals surface area contributed by atoms with Gasteiger partial charge in [-0.3, -0.25) is 0 Å². The maximum atomic E-state index is 3.41. The SMILES string of the molecule is CCCCCCCCCCC1CC(C)CCC1CNC. The van der Waals surface area contributed by atoms with E-state index in [1.54, 1.807) is 0 Å². The highest BCUT2D eigenvalue weighted by atomic mass is 14.8. The highest BCUT2D eigenvalue weighted by Gasteiger charge is 2.27. The third kappa shape index (κ3) is 7.67. The van der Waals surface area contributed by atoms with Crippen molar-refractivity contribution in [3.8, 4) is 0 Å². The summed E-state index contributed by atoms with van der Waals surface area (Å²) < 4.78 is 0. The van der Waals surface area contributed by atoms with Gasteiger partial charge in [-0.25, -0.2) is 0 Å². The molecule has 1 rings (SSSR count). The molecule has 1 saturated carbocycles. The normalized spacial score (nSPS) is 26.9. The Kier molecular flexibility index (Phi) is 10.4. The van der Waals surface area contributed by atoms with E-state index in [1.807, 2.05) is 0 Å². The van der Waals surface area contributed by atoms with Crippen LogP contribution in [0.1, 0.15) is 90.9 Å². The summed E-state index contributed by atoms with van der Waals surface area (Å²) in [7, 11) is 2.12. The lowest BCUT2D eigenvalue weighted by Gasteiger charge is -2.35. The monoisotopic (exact) mass is 281 g/mol. The van der Waals surface area contributed by atoms with Crippen molar-refractivity contribution in [3.05, 3.63) is 0 Å². The zero-order valence-corrected chi connectivity index (χ0v) is 14.4. The van der Waals surface area contributed by atoms with Gasteiger partial charge in [-0.1, -0.05) is 78.1 Å². The van der Waals surface area contributed by atoms with Crippen LogP contribution in [0.25, 0.3) is 0 Å². The minimum atomic E-state index is 0.959. The number of hydrogen-bond acceptors (Lipinski definition) is 1. The Morgan fingerprint density at radius 2 is 1.50 bits per heavy atom. The van der Waals surface area contributed by atoms with Crippen LogP contribution in [0.5, 0.6) is 0 Å². The fraction of sp³-hybridized carbons (Fsp3) is 1.00. The van der Waals surface area contributed by atoms with Crippen LogP contribution in [0, 0.1) is 17.8 Å². The molecule has 0 aromatic rings. The van der Waals surface area contributed by atoms with Crippen LogP contribution in [-0.4, -0.2) is 13.6 Å². The smallest absolute Gasteiger partial charge is 0.00209 e. The summed E-state index contributed by atoms with van der Waals surface area (Å²) in [6.07, 6.45) is 17.5. The number of hydrogen-bond donors (Lipinski definition) is 1. The second kappa shape index (κ2) is 11.6. The molecule has 0 radical (unpaired) electrons. The summed E-state index contributed by atoms with van der Waals surface area (Å²) in [5.41, 5.74) is 0. The van der Waals surface area contributed by atoms with Crippen molar-refractivity contribution in [2.24, 2.45) is 17.8 Å². The molecule has 0 aromatic carbocycles. The lowest BCUT2D eigenvalue weighted by Crippen LogP contribution is -2.31. The Labute approximate surface area is 128 Å². The molecular weight excluding hydrogens is 242 g/mol. The minimum Gasteiger partial charge on any atom is -0.319 e. The quantitative estimate of drug-likeness (QED) is 0.473. The van der Waals surface area contributed by atoms with Crippen LogP contribution in [0.15, 0.2) is 0 Å². The predicted octanol–water partition coefficient (Wildman–Crippen LogP) is 5.79. The summed E-state index contributed by atoms with van der Waals surface area (Å²) in [6.45, 7) is 6.00. The van der Waals surface area contributed by atoms with Crippen LogP contribution in [0.3, 0.4) is 0 Å². The minimum absolute atomic E-state index is 0.959. The Morgan fingerprint density at radius 3 is 2.15 bits per heavy atom. The molecule has 1 fully saturated rings. The molecule has 0 aromatic heterocycles. The Hall–Kier alpha value is -0.0400. The van der Waals surface area contributed by atoms with Gasteiger partial charge in [0.2, 0.25) is 0 Å². The van der Waals surface area contributed by atoms with Gasteiger partial charge in [0.05, 0.1) is 0 Å². The van der Waals surface area contributed by atoms with Crippen molar-refractivity contribution in [1.82, 2.24) is 5.32 Å². The van der Waals surface area contributed by atoms with Crippen molar-refractivity contribution in [3.63, 3.8) is 0 Å². The van der Waals surface area contributed by atoms with Gasteiger partial charge in [0.1, 0.15) is 0 Å². The van der Waals surface area contributed by atoms with Crippen LogP contribution in [-0.2, 0) is 0 Å². The highest BCUT2D eigenvalue weighted by Crippen LogP contribution is 2.36. The van der Waals surface area contributed by atoms with Crippen molar-refractivity contribution in [1.29, 1.82) is 0 Å². The van der Waals surface area contributed by atoms with Crippen molar-refractivity contribution in [2.75, 3.05) is 13.6 Å². The molecule has 3 atom stereocenters. The molecule has 0 amide bonds. The van der Waals surface area contributed by atoms with Crippen LogP contribution < -0.4 is 5.32 Å². The van der Waals surface area contributed by atoms with Gasteiger partial charge in [0.15, 0.2) is 0 Å². The molecule has 3 unspecified atom stereocenters. The molecule has 0 aliphatic heterocycles. The largest absolute Gasteiger partial charge is 0.319 e. The average molecular weight is 282 g/mol. The first kappa shape index (κ1) is 18.0. The first-order valence-electron chi connectivity index (χ1n) is 9.42. The number of rotatable bonds is 11. The Balaban J connectivity index is 2.06. The van der Waals surface area contributed by atoms with Gasteiger partial charge in [-0.05, 0) is 44.2 Å². The summed E-state index contributed by atoms with van der Waals surface area (Å²) in [6, 6.07) is 0. The zero-order chi connectivity index (χ0) is 14.6. The van der Waals surface area contributed by atoms with Gasteiger partial charge in [0, 0.05) is 0 Å². The molecule has 0 saturated heterocycles. The van der Waals surface area contributed by atoms with E-state index < -0.39 is 0 Å². The highest BCUT2D eigenvalue weighted by molar-refractivity contribution is 4.79. The molecule has 120 valence electrons. The molecule has 0 heterocycles. The zero-order valence-electron chi connectivity index (χ0n) is 14.4. The molecule has 0 spiro atoms. The van der Waals surface area contributed by atoms with Gasteiger partial charge in [-0.2, -0.15) is 0 Å². The standard InChI is InChI=1S/C19H39N/c1-4-5-6-7-8-9-10-11-12-18-15-17(2)13-14-19(18)16-20-3/h17-20H,4-16H2,1-3H3. The second-order valence-electron chi connectivity index (χ2n) is 7.26. The summed E-state index contributed by atoms with van der Waals surface area (Å²) >= 11 is 0. The van der Waals surface area contributed by atoms with Gasteiger partial charge < -0.3 is 5.32 Å². The van der Waals surface area contributed by atoms with E-state index in [1.165, 1.54) is 83.6 Å². The fourth-order valence-electron chi connectivity index (χ4n) is 3.99. The van der Waals surface area contributed by atoms with Crippen molar-refractivity contribution in [2.45, 2.75) is 90.9 Å². The number of unbranched alkanes of at least 4 members (excludes halogenated alkanes) is 7. The lowest BCUT2D eigenvalue weighted by molar-refractivity contribution is 0.173. The van der Waals surface area contributed by atoms with Crippen molar-refractivity contribution >= 4 is 0 Å². The van der Waals surface area contributed by atoms with E-state index in [9.17, 15) is 0 Å². The molecule has 1 aliphatic carbocycles. The summed E-state index contributed by atoms with van der Waals surface area (Å²) in [4.78, 5) is 0. The molecule has 1 N–H and O–H groups in total. The van der Waals surface area contributed by atoms with Crippen molar-refractivity contribution < 1.29 is 0 Å². The topological polar surface area (TPSA) is 12.0 Å². The average Bonchev–Trinajstić information content (AvgIpc) is 2.44. The Bertz CT molecular complexity index is 214. The van der Waals surface area contributed by atoms with Gasteiger partial charge in [0.25, 0.3) is 0 Å². The first-order valence-corrected chi connectivity index (χ1v) is 9.42. The maximum absolute atomic E-state index is 3.41. The molecule has 1 heteroatoms. The predicted molar refractivity (Wildman–Crippen MR) is 91.1 cm³/mol. The second-order valence-corrected chi connectivity index (χ2v) is 7.26. The maximum Gasteiger partial charge on any atom is -0.00209 e. The Morgan fingerprint density at radius 1 is 0.850 bits per heavy atom. The van der Waals surface area contributed by atoms with Crippen LogP contribution >= 0.6 is 0 Å². The van der Waals surface area contributed by atoms with Gasteiger partial charge in [-0.15, -0.1) is 0 Å². The van der Waals surface area contributed by atoms with E-state index in [-0.39, 0.29) is 0 Å². The molecular formula is C19H39N. The summed E-state index contributed by atoms with van der Waals surface area (Å²) in [5, 5.41) is 3.41. The third-order valence-corrected chi connectivity index (χ3v) is 5.30. The molecule has 1 aliphatic rings. The van der Waals surface area contributed by atoms with E-state index in [0.717, 1.165) is 17.8 Å². The number of nitrogens with one attached hydrogen (secondary N) is 1. The molecule has 0 bridgehead atoms. The van der Waals surface area contributed by atoms with E-state index >= 15 is 0 Å². The van der Waals surface area contributed by atoms with E-state index in [4.69, 9.17) is 0 Å². The molecule has 1 nitrogen and oxygen atoms in total. The summed E-state index contributed by atoms with van der Waals surface area (Å²) in [5.74, 6) is 2.94. The lowest BCUT2D eigenvalue weighted by atomic mass is 9.72. The van der Waals surface area contributed by atoms with E-state index in [0.29, 0.717) is 0 Å².